The van der Waals surface area contributed by atoms with E-state index in [2.05, 4.69) is 28.6 Å². The Kier molecular flexibility index (Phi) is 6.20. The van der Waals surface area contributed by atoms with Gasteiger partial charge >= 0.3 is 0 Å². The Morgan fingerprint density at radius 3 is 2.72 bits per heavy atom. The Hall–Kier alpha value is -1.73. The summed E-state index contributed by atoms with van der Waals surface area (Å²) < 4.78 is 0. The second-order valence-electron chi connectivity index (χ2n) is 6.48. The fourth-order valence-electron chi connectivity index (χ4n) is 3.08. The number of carbonyl (C=O) groups is 2. The summed E-state index contributed by atoms with van der Waals surface area (Å²) in [6.07, 6.45) is 6.50. The van der Waals surface area contributed by atoms with Gasteiger partial charge < -0.3 is 10.6 Å². The first-order chi connectivity index (χ1) is 12.1. The normalized spacial score (nSPS) is 15.1. The third-order valence-corrected chi connectivity index (χ3v) is 6.17. The summed E-state index contributed by atoms with van der Waals surface area (Å²) in [4.78, 5) is 30.7. The first-order valence-corrected chi connectivity index (χ1v) is 10.4. The molecular formula is C18H23N3O2S2. The molecule has 0 bridgehead atoms. The van der Waals surface area contributed by atoms with Crippen LogP contribution in [0.1, 0.15) is 43.4 Å². The average molecular weight is 378 g/mol. The van der Waals surface area contributed by atoms with Crippen LogP contribution in [0.25, 0.3) is 10.6 Å². The Bertz CT molecular complexity index is 732. The molecule has 0 radical (unpaired) electrons. The number of anilines is 1. The van der Waals surface area contributed by atoms with Crippen LogP contribution in [-0.4, -0.2) is 23.3 Å². The maximum absolute atomic E-state index is 12.0. The largest absolute Gasteiger partial charge is 0.347 e. The summed E-state index contributed by atoms with van der Waals surface area (Å²) in [7, 11) is 0. The smallest absolute Gasteiger partial charge is 0.245 e. The van der Waals surface area contributed by atoms with Gasteiger partial charge in [0.15, 0.2) is 5.13 Å². The maximum atomic E-state index is 12.0. The molecule has 1 saturated carbocycles. The van der Waals surface area contributed by atoms with E-state index in [9.17, 15) is 9.59 Å². The van der Waals surface area contributed by atoms with Gasteiger partial charge in [0.2, 0.25) is 11.8 Å². The highest BCUT2D eigenvalue weighted by Gasteiger charge is 2.17. The quantitative estimate of drug-likeness (QED) is 0.792. The van der Waals surface area contributed by atoms with Gasteiger partial charge in [-0.15, -0.1) is 22.7 Å². The molecule has 1 aliphatic rings. The van der Waals surface area contributed by atoms with E-state index in [1.165, 1.54) is 35.5 Å². The Morgan fingerprint density at radius 2 is 2.00 bits per heavy atom. The van der Waals surface area contributed by atoms with Crippen LogP contribution in [0, 0.1) is 12.8 Å². The second kappa shape index (κ2) is 8.58. The molecule has 0 atom stereocenters. The van der Waals surface area contributed by atoms with E-state index in [0.29, 0.717) is 17.5 Å². The van der Waals surface area contributed by atoms with E-state index in [1.54, 1.807) is 11.3 Å². The van der Waals surface area contributed by atoms with Gasteiger partial charge in [-0.2, -0.15) is 0 Å². The van der Waals surface area contributed by atoms with Gasteiger partial charge in [0.05, 0.1) is 17.1 Å². The predicted octanol–water partition coefficient (Wildman–Crippen LogP) is 4.21. The molecule has 0 aliphatic heterocycles. The number of amides is 2. The van der Waals surface area contributed by atoms with Crippen molar-refractivity contribution in [3.8, 4) is 10.6 Å². The van der Waals surface area contributed by atoms with Gasteiger partial charge in [-0.25, -0.2) is 4.98 Å². The van der Waals surface area contributed by atoms with Crippen LogP contribution in [0.3, 0.4) is 0 Å². The maximum Gasteiger partial charge on any atom is 0.245 e. The van der Waals surface area contributed by atoms with Crippen LogP contribution < -0.4 is 10.6 Å². The fourth-order valence-corrected chi connectivity index (χ4v) is 4.71. The molecule has 25 heavy (non-hydrogen) atoms. The van der Waals surface area contributed by atoms with Crippen molar-refractivity contribution in [3.05, 3.63) is 22.4 Å². The van der Waals surface area contributed by atoms with Crippen molar-refractivity contribution in [1.29, 1.82) is 0 Å². The molecule has 0 saturated heterocycles. The van der Waals surface area contributed by atoms with Crippen molar-refractivity contribution in [1.82, 2.24) is 10.3 Å². The van der Waals surface area contributed by atoms with Crippen molar-refractivity contribution in [3.63, 3.8) is 0 Å². The number of thiazole rings is 1. The molecule has 0 aromatic carbocycles. The van der Waals surface area contributed by atoms with Gasteiger partial charge in [-0.3, -0.25) is 9.59 Å². The molecule has 2 aromatic rings. The molecule has 5 nitrogen and oxygen atoms in total. The molecule has 0 unspecified atom stereocenters. The highest BCUT2D eigenvalue weighted by Crippen LogP contribution is 2.30. The zero-order chi connectivity index (χ0) is 17.6. The highest BCUT2D eigenvalue weighted by atomic mass is 32.1. The van der Waals surface area contributed by atoms with Crippen LogP contribution in [0.5, 0.6) is 0 Å². The zero-order valence-electron chi connectivity index (χ0n) is 14.3. The molecule has 2 N–H and O–H groups in total. The Morgan fingerprint density at radius 1 is 1.20 bits per heavy atom. The summed E-state index contributed by atoms with van der Waals surface area (Å²) in [5.41, 5.74) is 0.875. The minimum Gasteiger partial charge on any atom is -0.347 e. The van der Waals surface area contributed by atoms with Crippen molar-refractivity contribution in [2.45, 2.75) is 45.4 Å². The van der Waals surface area contributed by atoms with Gasteiger partial charge in [0.1, 0.15) is 0 Å². The lowest BCUT2D eigenvalue weighted by atomic mass is 9.87. The van der Waals surface area contributed by atoms with Crippen molar-refractivity contribution in [2.24, 2.45) is 5.92 Å². The molecule has 2 heterocycles. The average Bonchev–Trinajstić information content (AvgIpc) is 3.23. The van der Waals surface area contributed by atoms with E-state index in [0.717, 1.165) is 23.4 Å². The lowest BCUT2D eigenvalue weighted by Crippen LogP contribution is -2.34. The molecule has 2 amide bonds. The summed E-state index contributed by atoms with van der Waals surface area (Å²) in [5.74, 6) is 0.212. The number of aromatic nitrogens is 1. The SMILES string of the molecule is Cc1ccc(-c2csc(NC(=O)CNC(=O)CC3CCCCC3)n2)s1. The zero-order valence-corrected chi connectivity index (χ0v) is 16.0. The molecule has 1 aliphatic carbocycles. The van der Waals surface area contributed by atoms with E-state index >= 15 is 0 Å². The van der Waals surface area contributed by atoms with Crippen LogP contribution in [0.4, 0.5) is 5.13 Å². The monoisotopic (exact) mass is 377 g/mol. The molecular weight excluding hydrogens is 354 g/mol. The van der Waals surface area contributed by atoms with Crippen molar-refractivity contribution >= 4 is 39.6 Å². The molecule has 2 aromatic heterocycles. The number of rotatable bonds is 6. The number of nitrogens with zero attached hydrogens (tertiary/aromatic N) is 1. The van der Waals surface area contributed by atoms with Crippen molar-refractivity contribution < 1.29 is 9.59 Å². The van der Waals surface area contributed by atoms with E-state index in [-0.39, 0.29) is 18.4 Å². The number of hydrogen-bond donors (Lipinski definition) is 2. The van der Waals surface area contributed by atoms with Gasteiger partial charge in [0.25, 0.3) is 0 Å². The van der Waals surface area contributed by atoms with Crippen molar-refractivity contribution in [2.75, 3.05) is 11.9 Å². The number of hydrogen-bond acceptors (Lipinski definition) is 5. The minimum absolute atomic E-state index is 0.00141. The van der Waals surface area contributed by atoms with Crippen LogP contribution >= 0.6 is 22.7 Å². The second-order valence-corrected chi connectivity index (χ2v) is 8.63. The highest BCUT2D eigenvalue weighted by molar-refractivity contribution is 7.17. The predicted molar refractivity (Wildman–Crippen MR) is 103 cm³/mol. The summed E-state index contributed by atoms with van der Waals surface area (Å²) in [6, 6.07) is 4.09. The Balaban J connectivity index is 1.43. The molecule has 134 valence electrons. The van der Waals surface area contributed by atoms with E-state index < -0.39 is 0 Å². The van der Waals surface area contributed by atoms with Crippen LogP contribution in [0.2, 0.25) is 0 Å². The third kappa shape index (κ3) is 5.37. The van der Waals surface area contributed by atoms with Gasteiger partial charge in [-0.05, 0) is 37.8 Å². The first-order valence-electron chi connectivity index (χ1n) is 8.69. The molecule has 3 rings (SSSR count). The van der Waals surface area contributed by atoms with Crippen LogP contribution in [-0.2, 0) is 9.59 Å². The standard InChI is InChI=1S/C18H23N3O2S2/c1-12-7-8-15(25-12)14-11-24-18(20-14)21-17(23)10-19-16(22)9-13-5-3-2-4-6-13/h7-8,11,13H,2-6,9-10H2,1H3,(H,19,22)(H,20,21,23). The molecule has 7 heteroatoms. The first kappa shape index (κ1) is 18.1. The topological polar surface area (TPSA) is 71.1 Å². The number of nitrogens with one attached hydrogen (secondary N) is 2. The van der Waals surface area contributed by atoms with E-state index in [1.807, 2.05) is 11.4 Å². The van der Waals surface area contributed by atoms with Gasteiger partial charge in [-0.1, -0.05) is 19.3 Å². The molecule has 1 fully saturated rings. The van der Waals surface area contributed by atoms with E-state index in [4.69, 9.17) is 0 Å². The number of carbonyl (C=O) groups excluding carboxylic acids is 2. The molecule has 0 spiro atoms. The van der Waals surface area contributed by atoms with Gasteiger partial charge in [0, 0.05) is 16.7 Å². The lowest BCUT2D eigenvalue weighted by molar-refractivity contribution is -0.125. The summed E-state index contributed by atoms with van der Waals surface area (Å²) >= 11 is 3.07. The minimum atomic E-state index is -0.236. The summed E-state index contributed by atoms with van der Waals surface area (Å²) in [5, 5.41) is 7.97. The third-order valence-electron chi connectivity index (χ3n) is 4.39. The van der Waals surface area contributed by atoms with Crippen LogP contribution in [0.15, 0.2) is 17.5 Å². The Labute approximate surface area is 155 Å². The fraction of sp³-hybridized carbons (Fsp3) is 0.500. The number of aryl methyl sites for hydroxylation is 1. The summed E-state index contributed by atoms with van der Waals surface area (Å²) in [6.45, 7) is 2.05. The lowest BCUT2D eigenvalue weighted by Gasteiger charge is -2.20. The number of thiophene rings is 1.